The van der Waals surface area contributed by atoms with Gasteiger partial charge in [0.2, 0.25) is 0 Å². The van der Waals surface area contributed by atoms with Crippen LogP contribution in [0, 0.1) is 6.92 Å². The highest BCUT2D eigenvalue weighted by Gasteiger charge is 2.06. The molecule has 0 saturated heterocycles. The van der Waals surface area contributed by atoms with E-state index in [1.54, 1.807) is 0 Å². The smallest absolute Gasteiger partial charge is 0.130 e. The van der Waals surface area contributed by atoms with Crippen LogP contribution < -0.4 is 5.32 Å². The maximum Gasteiger partial charge on any atom is 0.130 e. The van der Waals surface area contributed by atoms with E-state index >= 15 is 0 Å². The summed E-state index contributed by atoms with van der Waals surface area (Å²) in [7, 11) is 0. The lowest BCUT2D eigenvalue weighted by atomic mass is 10.2. The average Bonchev–Trinajstić information content (AvgIpc) is 2.62. The van der Waals surface area contributed by atoms with Crippen molar-refractivity contribution < 1.29 is 9.15 Å². The quantitative estimate of drug-likeness (QED) is 0.557. The molecule has 0 unspecified atom stereocenters. The summed E-state index contributed by atoms with van der Waals surface area (Å²) in [5.74, 6) is 1.88. The number of hydrogen-bond donors (Lipinski definition) is 1. The molecule has 0 radical (unpaired) electrons. The fraction of sp³-hybridized carbons (Fsp3) is 0.571. The molecule has 3 heteroatoms. The van der Waals surface area contributed by atoms with Crippen molar-refractivity contribution in [3.63, 3.8) is 0 Å². The Bertz CT molecular complexity index is 355. The molecule has 96 valence electrons. The van der Waals surface area contributed by atoms with E-state index in [0.717, 1.165) is 36.6 Å². The molecule has 0 aliphatic rings. The van der Waals surface area contributed by atoms with Crippen molar-refractivity contribution >= 4 is 0 Å². The van der Waals surface area contributed by atoms with E-state index in [1.807, 2.05) is 13.8 Å². The summed E-state index contributed by atoms with van der Waals surface area (Å²) in [6.45, 7) is 13.0. The SMILES string of the molecule is C=C(C)CCOCc1cc(CNCC)c(C)o1. The van der Waals surface area contributed by atoms with Gasteiger partial charge >= 0.3 is 0 Å². The van der Waals surface area contributed by atoms with Crippen LogP contribution in [0.2, 0.25) is 0 Å². The van der Waals surface area contributed by atoms with E-state index in [4.69, 9.17) is 9.15 Å². The monoisotopic (exact) mass is 237 g/mol. The molecule has 0 aliphatic carbocycles. The molecular weight excluding hydrogens is 214 g/mol. The molecule has 0 fully saturated rings. The summed E-state index contributed by atoms with van der Waals surface area (Å²) in [4.78, 5) is 0. The Balaban J connectivity index is 2.36. The molecule has 1 aromatic heterocycles. The first kappa shape index (κ1) is 14.0. The van der Waals surface area contributed by atoms with Gasteiger partial charge in [-0.2, -0.15) is 0 Å². The van der Waals surface area contributed by atoms with Gasteiger partial charge in [-0.3, -0.25) is 0 Å². The summed E-state index contributed by atoms with van der Waals surface area (Å²) >= 11 is 0. The first-order valence-electron chi connectivity index (χ1n) is 6.14. The largest absolute Gasteiger partial charge is 0.464 e. The number of hydrogen-bond acceptors (Lipinski definition) is 3. The zero-order chi connectivity index (χ0) is 12.7. The lowest BCUT2D eigenvalue weighted by Gasteiger charge is -2.01. The van der Waals surface area contributed by atoms with E-state index in [0.29, 0.717) is 13.2 Å². The van der Waals surface area contributed by atoms with Gasteiger partial charge < -0.3 is 14.5 Å². The third-order valence-electron chi connectivity index (χ3n) is 2.55. The van der Waals surface area contributed by atoms with Crippen molar-refractivity contribution in [2.45, 2.75) is 40.3 Å². The maximum absolute atomic E-state index is 5.63. The summed E-state index contributed by atoms with van der Waals surface area (Å²) in [6.07, 6.45) is 0.907. The van der Waals surface area contributed by atoms with E-state index in [1.165, 1.54) is 5.56 Å². The molecule has 17 heavy (non-hydrogen) atoms. The molecule has 0 atom stereocenters. The Morgan fingerprint density at radius 2 is 2.29 bits per heavy atom. The zero-order valence-electron chi connectivity index (χ0n) is 11.1. The lowest BCUT2D eigenvalue weighted by Crippen LogP contribution is -2.11. The first-order valence-corrected chi connectivity index (χ1v) is 6.14. The molecule has 0 aromatic carbocycles. The van der Waals surface area contributed by atoms with Crippen molar-refractivity contribution in [2.75, 3.05) is 13.2 Å². The molecule has 0 saturated carbocycles. The normalized spacial score (nSPS) is 10.8. The summed E-state index contributed by atoms with van der Waals surface area (Å²) in [5, 5.41) is 3.29. The predicted molar refractivity (Wildman–Crippen MR) is 69.9 cm³/mol. The second-order valence-electron chi connectivity index (χ2n) is 4.33. The van der Waals surface area contributed by atoms with Crippen LogP contribution in [0.5, 0.6) is 0 Å². The molecule has 1 aromatic rings. The maximum atomic E-state index is 5.63. The number of aryl methyl sites for hydroxylation is 1. The van der Waals surface area contributed by atoms with Crippen LogP contribution >= 0.6 is 0 Å². The lowest BCUT2D eigenvalue weighted by molar-refractivity contribution is 0.108. The number of rotatable bonds is 8. The summed E-state index contributed by atoms with van der Waals surface area (Å²) in [5.41, 5.74) is 2.36. The van der Waals surface area contributed by atoms with Crippen molar-refractivity contribution in [2.24, 2.45) is 0 Å². The molecule has 0 aliphatic heterocycles. The summed E-state index contributed by atoms with van der Waals surface area (Å²) < 4.78 is 11.2. The van der Waals surface area contributed by atoms with Crippen molar-refractivity contribution in [1.29, 1.82) is 0 Å². The first-order chi connectivity index (χ1) is 8.13. The van der Waals surface area contributed by atoms with Gasteiger partial charge in [0.15, 0.2) is 0 Å². The van der Waals surface area contributed by atoms with Crippen LogP contribution in [0.4, 0.5) is 0 Å². The fourth-order valence-corrected chi connectivity index (χ4v) is 1.51. The summed E-state index contributed by atoms with van der Waals surface area (Å²) in [6, 6.07) is 2.07. The van der Waals surface area contributed by atoms with E-state index < -0.39 is 0 Å². The molecule has 1 heterocycles. The van der Waals surface area contributed by atoms with Crippen LogP contribution in [0.25, 0.3) is 0 Å². The molecule has 0 amide bonds. The van der Waals surface area contributed by atoms with Crippen LogP contribution in [0.15, 0.2) is 22.6 Å². The van der Waals surface area contributed by atoms with Gasteiger partial charge in [0.1, 0.15) is 18.1 Å². The van der Waals surface area contributed by atoms with Crippen molar-refractivity contribution in [3.8, 4) is 0 Å². The Morgan fingerprint density at radius 1 is 1.53 bits per heavy atom. The van der Waals surface area contributed by atoms with Crippen molar-refractivity contribution in [3.05, 3.63) is 35.3 Å². The number of furan rings is 1. The highest BCUT2D eigenvalue weighted by molar-refractivity contribution is 5.20. The molecule has 1 N–H and O–H groups in total. The molecule has 0 bridgehead atoms. The van der Waals surface area contributed by atoms with E-state index in [2.05, 4.69) is 24.9 Å². The minimum Gasteiger partial charge on any atom is -0.464 e. The van der Waals surface area contributed by atoms with Gasteiger partial charge in [-0.25, -0.2) is 0 Å². The van der Waals surface area contributed by atoms with Crippen molar-refractivity contribution in [1.82, 2.24) is 5.32 Å². The Hall–Kier alpha value is -1.06. The third-order valence-corrected chi connectivity index (χ3v) is 2.55. The molecule has 3 nitrogen and oxygen atoms in total. The second-order valence-corrected chi connectivity index (χ2v) is 4.33. The Kier molecular flexibility index (Phi) is 6.01. The highest BCUT2D eigenvalue weighted by Crippen LogP contribution is 2.15. The number of nitrogens with one attached hydrogen (secondary N) is 1. The zero-order valence-corrected chi connectivity index (χ0v) is 11.1. The van der Waals surface area contributed by atoms with Crippen LogP contribution in [0.3, 0.4) is 0 Å². The molecule has 0 spiro atoms. The van der Waals surface area contributed by atoms with Crippen LogP contribution in [-0.4, -0.2) is 13.2 Å². The Labute approximate surface area is 104 Å². The predicted octanol–water partition coefficient (Wildman–Crippen LogP) is 3.18. The second kappa shape index (κ2) is 7.30. The van der Waals surface area contributed by atoms with Gasteiger partial charge in [-0.05, 0) is 32.9 Å². The van der Waals surface area contributed by atoms with Gasteiger partial charge in [0.05, 0.1) is 6.61 Å². The Morgan fingerprint density at radius 3 is 2.94 bits per heavy atom. The highest BCUT2D eigenvalue weighted by atomic mass is 16.5. The number of ether oxygens (including phenoxy) is 1. The van der Waals surface area contributed by atoms with Gasteiger partial charge in [0.25, 0.3) is 0 Å². The minimum atomic E-state index is 0.542. The molecular formula is C14H23NO2. The minimum absolute atomic E-state index is 0.542. The van der Waals surface area contributed by atoms with Gasteiger partial charge in [-0.1, -0.05) is 12.5 Å². The fourth-order valence-electron chi connectivity index (χ4n) is 1.51. The van der Waals surface area contributed by atoms with Crippen LogP contribution in [0.1, 0.15) is 37.4 Å². The average molecular weight is 237 g/mol. The van der Waals surface area contributed by atoms with E-state index in [-0.39, 0.29) is 0 Å². The standard InChI is InChI=1S/C14H23NO2/c1-5-15-9-13-8-14(17-12(13)4)10-16-7-6-11(2)3/h8,15H,2,5-7,9-10H2,1,3-4H3. The van der Waals surface area contributed by atoms with Gasteiger partial charge in [-0.15, -0.1) is 6.58 Å². The van der Waals surface area contributed by atoms with E-state index in [9.17, 15) is 0 Å². The third kappa shape index (κ3) is 5.20. The van der Waals surface area contributed by atoms with Gasteiger partial charge in [0, 0.05) is 12.1 Å². The van der Waals surface area contributed by atoms with Crippen LogP contribution in [-0.2, 0) is 17.9 Å². The topological polar surface area (TPSA) is 34.4 Å². The molecule has 1 rings (SSSR count).